The van der Waals surface area contributed by atoms with Gasteiger partial charge in [0.25, 0.3) is 0 Å². The second kappa shape index (κ2) is 11.3. The summed E-state index contributed by atoms with van der Waals surface area (Å²) in [7, 11) is 0. The molecule has 0 bridgehead atoms. The van der Waals surface area contributed by atoms with Crippen LogP contribution >= 0.6 is 0 Å². The minimum atomic E-state index is -0.320. The van der Waals surface area contributed by atoms with Crippen LogP contribution in [-0.4, -0.2) is 20.4 Å². The molecule has 4 N–H and O–H groups in total. The van der Waals surface area contributed by atoms with E-state index in [9.17, 15) is 20.4 Å². The van der Waals surface area contributed by atoms with Crippen LogP contribution in [-0.2, 0) is 23.7 Å². The minimum Gasteiger partial charge on any atom is -0.508 e. The van der Waals surface area contributed by atoms with E-state index in [2.05, 4.69) is 45.9 Å². The monoisotopic (exact) mass is 538 g/mol. The maximum Gasteiger partial charge on any atom is 0.122 e. The lowest BCUT2D eigenvalue weighted by molar-refractivity contribution is 0.454. The number of phenolic OH excluding ortho intramolecular Hbond substituents is 4. The van der Waals surface area contributed by atoms with E-state index in [-0.39, 0.29) is 33.8 Å². The molecule has 2 atom stereocenters. The summed E-state index contributed by atoms with van der Waals surface area (Å²) in [4.78, 5) is 0. The van der Waals surface area contributed by atoms with Crippen molar-refractivity contribution in [2.45, 2.75) is 78.1 Å². The van der Waals surface area contributed by atoms with E-state index in [1.54, 1.807) is 24.3 Å². The fourth-order valence-corrected chi connectivity index (χ4v) is 5.80. The Kier molecular flexibility index (Phi) is 8.20. The van der Waals surface area contributed by atoms with Crippen molar-refractivity contribution < 1.29 is 20.4 Å². The number of benzene rings is 4. The highest BCUT2D eigenvalue weighted by Gasteiger charge is 2.31. The van der Waals surface area contributed by atoms with Crippen molar-refractivity contribution in [1.29, 1.82) is 0 Å². The summed E-state index contributed by atoms with van der Waals surface area (Å²) in [6.07, 6.45) is 2.75. The zero-order chi connectivity index (χ0) is 29.2. The Hall–Kier alpha value is -3.92. The Bertz CT molecular complexity index is 1490. The van der Waals surface area contributed by atoms with Crippen LogP contribution in [0, 0.1) is 6.92 Å². The van der Waals surface area contributed by atoms with Crippen LogP contribution < -0.4 is 0 Å². The summed E-state index contributed by atoms with van der Waals surface area (Å²) < 4.78 is 0. The normalized spacial score (nSPS) is 14.4. The number of rotatable bonds is 9. The van der Waals surface area contributed by atoms with Crippen LogP contribution in [0.4, 0.5) is 0 Å². The highest BCUT2D eigenvalue weighted by Crippen LogP contribution is 2.42. The number of hydrogen-bond acceptors (Lipinski definition) is 4. The van der Waals surface area contributed by atoms with Crippen molar-refractivity contribution in [3.8, 4) is 23.0 Å². The van der Waals surface area contributed by atoms with Crippen LogP contribution in [0.25, 0.3) is 0 Å². The Morgan fingerprint density at radius 2 is 0.925 bits per heavy atom. The van der Waals surface area contributed by atoms with Gasteiger partial charge in [0.05, 0.1) is 0 Å². The predicted octanol–water partition coefficient (Wildman–Crippen LogP) is 8.40. The summed E-state index contributed by atoms with van der Waals surface area (Å²) in [5, 5.41) is 42.2. The van der Waals surface area contributed by atoms with Crippen molar-refractivity contribution in [2.24, 2.45) is 0 Å². The molecule has 0 heterocycles. The molecule has 0 fully saturated rings. The predicted molar refractivity (Wildman–Crippen MR) is 163 cm³/mol. The van der Waals surface area contributed by atoms with Gasteiger partial charge in [-0.2, -0.15) is 0 Å². The molecule has 0 saturated carbocycles. The molecule has 0 aliphatic carbocycles. The lowest BCUT2D eigenvalue weighted by Gasteiger charge is -2.32. The van der Waals surface area contributed by atoms with Crippen LogP contribution in [0.1, 0.15) is 92.0 Å². The first-order chi connectivity index (χ1) is 19.0. The molecule has 0 spiro atoms. The second-order valence-electron chi connectivity index (χ2n) is 11.4. The van der Waals surface area contributed by atoms with Gasteiger partial charge in [0.2, 0.25) is 0 Å². The van der Waals surface area contributed by atoms with Crippen molar-refractivity contribution >= 4 is 0 Å². The van der Waals surface area contributed by atoms with E-state index in [4.69, 9.17) is 0 Å². The van der Waals surface area contributed by atoms with Crippen molar-refractivity contribution in [1.82, 2.24) is 0 Å². The molecule has 40 heavy (non-hydrogen) atoms. The molecule has 4 heteroatoms. The maximum absolute atomic E-state index is 11.3. The molecule has 0 radical (unpaired) electrons. The van der Waals surface area contributed by atoms with Crippen LogP contribution in [0.15, 0.2) is 72.8 Å². The van der Waals surface area contributed by atoms with E-state index in [0.29, 0.717) is 12.8 Å². The van der Waals surface area contributed by atoms with Gasteiger partial charge < -0.3 is 20.4 Å². The maximum atomic E-state index is 11.3. The summed E-state index contributed by atoms with van der Waals surface area (Å²) in [6, 6.07) is 23.0. The number of hydrogen-bond donors (Lipinski definition) is 4. The van der Waals surface area contributed by atoms with E-state index >= 15 is 0 Å². The molecule has 0 aliphatic rings. The SMILES string of the molecule is CCc1cc(C(C)(CC)c2ccc(O)cc2)cc(Cc2cc(C(C)(CC)c3ccc(O)cc3)cc(C)c2O)c1O. The highest BCUT2D eigenvalue weighted by molar-refractivity contribution is 5.55. The first kappa shape index (κ1) is 29.1. The topological polar surface area (TPSA) is 80.9 Å². The molecule has 4 rings (SSSR count). The summed E-state index contributed by atoms with van der Waals surface area (Å²) in [6.45, 7) is 12.6. The fourth-order valence-electron chi connectivity index (χ4n) is 5.80. The van der Waals surface area contributed by atoms with Crippen molar-refractivity contribution in [2.75, 3.05) is 0 Å². The Morgan fingerprint density at radius 3 is 1.35 bits per heavy atom. The zero-order valence-corrected chi connectivity index (χ0v) is 24.5. The fraction of sp³-hybridized carbons (Fsp3) is 0.333. The average Bonchev–Trinajstić information content (AvgIpc) is 2.96. The van der Waals surface area contributed by atoms with Gasteiger partial charge in [-0.3, -0.25) is 0 Å². The lowest BCUT2D eigenvalue weighted by atomic mass is 9.72. The van der Waals surface area contributed by atoms with Gasteiger partial charge in [-0.15, -0.1) is 0 Å². The first-order valence-electron chi connectivity index (χ1n) is 14.2. The molecule has 4 nitrogen and oxygen atoms in total. The largest absolute Gasteiger partial charge is 0.508 e. The summed E-state index contributed by atoms with van der Waals surface area (Å²) in [5.74, 6) is 0.986. The third kappa shape index (κ3) is 5.28. The number of aryl methyl sites for hydroxylation is 2. The van der Waals surface area contributed by atoms with E-state index in [1.165, 1.54) is 0 Å². The summed E-state index contributed by atoms with van der Waals surface area (Å²) in [5.41, 5.74) is 6.95. The molecule has 0 aromatic heterocycles. The second-order valence-corrected chi connectivity index (χ2v) is 11.4. The van der Waals surface area contributed by atoms with Crippen LogP contribution in [0.2, 0.25) is 0 Å². The van der Waals surface area contributed by atoms with Gasteiger partial charge >= 0.3 is 0 Å². The summed E-state index contributed by atoms with van der Waals surface area (Å²) >= 11 is 0. The van der Waals surface area contributed by atoms with Gasteiger partial charge in [-0.25, -0.2) is 0 Å². The Balaban J connectivity index is 1.84. The number of aromatic hydroxyl groups is 4. The van der Waals surface area contributed by atoms with E-state index in [1.807, 2.05) is 44.2 Å². The third-order valence-corrected chi connectivity index (χ3v) is 9.11. The molecule has 210 valence electrons. The van der Waals surface area contributed by atoms with Gasteiger partial charge in [0, 0.05) is 17.3 Å². The van der Waals surface area contributed by atoms with Gasteiger partial charge in [-0.05, 0) is 95.0 Å². The van der Waals surface area contributed by atoms with Crippen LogP contribution in [0.3, 0.4) is 0 Å². The van der Waals surface area contributed by atoms with E-state index in [0.717, 1.165) is 57.3 Å². The van der Waals surface area contributed by atoms with Crippen LogP contribution in [0.5, 0.6) is 23.0 Å². The first-order valence-corrected chi connectivity index (χ1v) is 14.2. The Morgan fingerprint density at radius 1 is 0.525 bits per heavy atom. The highest BCUT2D eigenvalue weighted by atomic mass is 16.3. The smallest absolute Gasteiger partial charge is 0.122 e. The Labute approximate surface area is 238 Å². The molecule has 0 aliphatic heterocycles. The van der Waals surface area contributed by atoms with Gasteiger partial charge in [0.15, 0.2) is 0 Å². The molecule has 2 unspecified atom stereocenters. The van der Waals surface area contributed by atoms with Crippen molar-refractivity contribution in [3.05, 3.63) is 117 Å². The standard InChI is InChI=1S/C36H42O4/c1-7-24-20-30(36(6,9-3)28-12-16-32(38)17-13-28)22-26(34(24)40)19-25-21-29(18-23(4)33(25)39)35(5,8-2)27-10-14-31(37)15-11-27/h10-18,20-22,37-40H,7-9,19H2,1-6H3. The minimum absolute atomic E-state index is 0.234. The quantitative estimate of drug-likeness (QED) is 0.172. The molecule has 0 amide bonds. The molecule has 0 saturated heterocycles. The zero-order valence-electron chi connectivity index (χ0n) is 24.5. The average molecular weight is 539 g/mol. The molecular formula is C36H42O4. The lowest BCUT2D eigenvalue weighted by Crippen LogP contribution is -2.23. The number of phenols is 4. The van der Waals surface area contributed by atoms with Gasteiger partial charge in [0.1, 0.15) is 23.0 Å². The van der Waals surface area contributed by atoms with Crippen molar-refractivity contribution in [3.63, 3.8) is 0 Å². The molecule has 4 aromatic rings. The van der Waals surface area contributed by atoms with Gasteiger partial charge in [-0.1, -0.05) is 83.1 Å². The molecule has 4 aromatic carbocycles. The third-order valence-electron chi connectivity index (χ3n) is 9.11. The molecular weight excluding hydrogens is 496 g/mol. The van der Waals surface area contributed by atoms with E-state index < -0.39 is 0 Å².